The SMILES string of the molecule is CCCC(C)CC(=O)CC(=O)O. The Hall–Kier alpha value is -0.860. The lowest BCUT2D eigenvalue weighted by Crippen LogP contribution is -2.10. The van der Waals surface area contributed by atoms with Gasteiger partial charge in [0.25, 0.3) is 0 Å². The maximum Gasteiger partial charge on any atom is 0.310 e. The maximum atomic E-state index is 11.0. The van der Waals surface area contributed by atoms with Crippen LogP contribution in [0.5, 0.6) is 0 Å². The third kappa shape index (κ3) is 5.89. The highest BCUT2D eigenvalue weighted by molar-refractivity contribution is 5.94. The molecule has 12 heavy (non-hydrogen) atoms. The molecule has 0 amide bonds. The molecule has 0 aliphatic carbocycles. The van der Waals surface area contributed by atoms with Crippen LogP contribution in [0.2, 0.25) is 0 Å². The van der Waals surface area contributed by atoms with Crippen molar-refractivity contribution in [2.75, 3.05) is 0 Å². The van der Waals surface area contributed by atoms with Crippen molar-refractivity contribution >= 4 is 11.8 Å². The summed E-state index contributed by atoms with van der Waals surface area (Å²) in [6.45, 7) is 4.03. The summed E-state index contributed by atoms with van der Waals surface area (Å²) in [6, 6.07) is 0. The van der Waals surface area contributed by atoms with Crippen molar-refractivity contribution in [3.8, 4) is 0 Å². The van der Waals surface area contributed by atoms with Crippen LogP contribution in [0.15, 0.2) is 0 Å². The van der Waals surface area contributed by atoms with E-state index in [0.29, 0.717) is 12.3 Å². The molecule has 70 valence electrons. The summed E-state index contributed by atoms with van der Waals surface area (Å²) in [4.78, 5) is 21.1. The summed E-state index contributed by atoms with van der Waals surface area (Å²) in [5.74, 6) is -0.867. The fourth-order valence-corrected chi connectivity index (χ4v) is 1.22. The topological polar surface area (TPSA) is 54.4 Å². The van der Waals surface area contributed by atoms with Gasteiger partial charge in [0.05, 0.1) is 0 Å². The third-order valence-corrected chi connectivity index (χ3v) is 1.71. The lowest BCUT2D eigenvalue weighted by atomic mass is 9.98. The van der Waals surface area contributed by atoms with Gasteiger partial charge >= 0.3 is 5.97 Å². The Bertz CT molecular complexity index is 163. The molecule has 0 aliphatic heterocycles. The standard InChI is InChI=1S/C9H16O3/c1-3-4-7(2)5-8(10)6-9(11)12/h7H,3-6H2,1-2H3,(H,11,12). The zero-order valence-corrected chi connectivity index (χ0v) is 7.67. The molecule has 0 aromatic rings. The van der Waals surface area contributed by atoms with Crippen molar-refractivity contribution < 1.29 is 14.7 Å². The molecular formula is C9H16O3. The van der Waals surface area contributed by atoms with Crippen molar-refractivity contribution in [2.45, 2.75) is 39.5 Å². The van der Waals surface area contributed by atoms with E-state index in [9.17, 15) is 9.59 Å². The first-order valence-electron chi connectivity index (χ1n) is 4.29. The first-order valence-corrected chi connectivity index (χ1v) is 4.29. The number of carbonyl (C=O) groups excluding carboxylic acids is 1. The first-order chi connectivity index (χ1) is 5.56. The van der Waals surface area contributed by atoms with Crippen LogP contribution in [0.1, 0.15) is 39.5 Å². The van der Waals surface area contributed by atoms with Crippen LogP contribution >= 0.6 is 0 Å². The molecule has 0 aromatic heterocycles. The van der Waals surface area contributed by atoms with Gasteiger partial charge in [-0.1, -0.05) is 26.7 Å². The number of rotatable bonds is 6. The highest BCUT2D eigenvalue weighted by Crippen LogP contribution is 2.10. The van der Waals surface area contributed by atoms with Gasteiger partial charge in [-0.25, -0.2) is 0 Å². The summed E-state index contributed by atoms with van der Waals surface area (Å²) in [6.07, 6.45) is 2.11. The largest absolute Gasteiger partial charge is 0.481 e. The molecule has 0 aromatic carbocycles. The highest BCUT2D eigenvalue weighted by atomic mass is 16.4. The number of hydrogen-bond donors (Lipinski definition) is 1. The molecule has 0 saturated carbocycles. The second-order valence-corrected chi connectivity index (χ2v) is 3.21. The van der Waals surface area contributed by atoms with Gasteiger partial charge in [-0.2, -0.15) is 0 Å². The number of Topliss-reactive ketones (excluding diaryl/α,β-unsaturated/α-hetero) is 1. The Labute approximate surface area is 72.8 Å². The average molecular weight is 172 g/mol. The number of carboxylic acid groups (broad SMARTS) is 1. The lowest BCUT2D eigenvalue weighted by molar-refractivity contribution is -0.140. The van der Waals surface area contributed by atoms with E-state index < -0.39 is 5.97 Å². The molecule has 1 N–H and O–H groups in total. The third-order valence-electron chi connectivity index (χ3n) is 1.71. The molecular weight excluding hydrogens is 156 g/mol. The monoisotopic (exact) mass is 172 g/mol. The Morgan fingerprint density at radius 2 is 2.00 bits per heavy atom. The van der Waals surface area contributed by atoms with E-state index in [0.717, 1.165) is 12.8 Å². The predicted molar refractivity (Wildman–Crippen MR) is 45.9 cm³/mol. The number of hydrogen-bond acceptors (Lipinski definition) is 2. The molecule has 1 unspecified atom stereocenters. The van der Waals surface area contributed by atoms with Crippen molar-refractivity contribution in [3.63, 3.8) is 0 Å². The van der Waals surface area contributed by atoms with Gasteiger partial charge in [-0.15, -0.1) is 0 Å². The van der Waals surface area contributed by atoms with E-state index in [4.69, 9.17) is 5.11 Å². The average Bonchev–Trinajstić information content (AvgIpc) is 1.84. The van der Waals surface area contributed by atoms with E-state index in [-0.39, 0.29) is 12.2 Å². The van der Waals surface area contributed by atoms with Crippen LogP contribution in [0.3, 0.4) is 0 Å². The highest BCUT2D eigenvalue weighted by Gasteiger charge is 2.11. The van der Waals surface area contributed by atoms with Crippen LogP contribution in [-0.2, 0) is 9.59 Å². The summed E-state index contributed by atoms with van der Waals surface area (Å²) in [7, 11) is 0. The molecule has 3 heteroatoms. The minimum Gasteiger partial charge on any atom is -0.481 e. The summed E-state index contributed by atoms with van der Waals surface area (Å²) in [5.41, 5.74) is 0. The molecule has 0 radical (unpaired) electrons. The molecule has 0 bridgehead atoms. The van der Waals surface area contributed by atoms with Crippen molar-refractivity contribution in [1.29, 1.82) is 0 Å². The molecule has 0 saturated heterocycles. The van der Waals surface area contributed by atoms with Crippen molar-refractivity contribution in [1.82, 2.24) is 0 Å². The Morgan fingerprint density at radius 3 is 2.42 bits per heavy atom. The second kappa shape index (κ2) is 5.75. The fourth-order valence-electron chi connectivity index (χ4n) is 1.22. The van der Waals surface area contributed by atoms with Crippen LogP contribution in [0, 0.1) is 5.92 Å². The summed E-state index contributed by atoms with van der Waals surface area (Å²) < 4.78 is 0. The zero-order chi connectivity index (χ0) is 9.56. The van der Waals surface area contributed by atoms with E-state index in [2.05, 4.69) is 6.92 Å². The number of ketones is 1. The smallest absolute Gasteiger partial charge is 0.310 e. The molecule has 0 rings (SSSR count). The Morgan fingerprint density at radius 1 is 1.42 bits per heavy atom. The van der Waals surface area contributed by atoms with Gasteiger partial charge in [0.2, 0.25) is 0 Å². The van der Waals surface area contributed by atoms with E-state index in [1.807, 2.05) is 6.92 Å². The van der Waals surface area contributed by atoms with Crippen LogP contribution in [0.25, 0.3) is 0 Å². The number of carbonyl (C=O) groups is 2. The summed E-state index contributed by atoms with van der Waals surface area (Å²) >= 11 is 0. The van der Waals surface area contributed by atoms with Gasteiger partial charge in [-0.3, -0.25) is 9.59 Å². The van der Waals surface area contributed by atoms with Crippen LogP contribution < -0.4 is 0 Å². The number of carboxylic acids is 1. The van der Waals surface area contributed by atoms with E-state index in [1.165, 1.54) is 0 Å². The minimum atomic E-state index is -1.02. The summed E-state index contributed by atoms with van der Waals surface area (Å²) in [5, 5.41) is 8.31. The van der Waals surface area contributed by atoms with Gasteiger partial charge < -0.3 is 5.11 Å². The second-order valence-electron chi connectivity index (χ2n) is 3.21. The first kappa shape index (κ1) is 11.1. The normalized spacial score (nSPS) is 12.5. The van der Waals surface area contributed by atoms with Gasteiger partial charge in [-0.05, 0) is 5.92 Å². The van der Waals surface area contributed by atoms with Gasteiger partial charge in [0.15, 0.2) is 0 Å². The fraction of sp³-hybridized carbons (Fsp3) is 0.778. The molecule has 0 heterocycles. The molecule has 0 aliphatic rings. The van der Waals surface area contributed by atoms with Crippen LogP contribution in [0.4, 0.5) is 0 Å². The molecule has 0 fully saturated rings. The Balaban J connectivity index is 3.61. The van der Waals surface area contributed by atoms with Crippen LogP contribution in [-0.4, -0.2) is 16.9 Å². The lowest BCUT2D eigenvalue weighted by Gasteiger charge is -2.06. The van der Waals surface area contributed by atoms with Crippen molar-refractivity contribution in [3.05, 3.63) is 0 Å². The molecule has 0 spiro atoms. The zero-order valence-electron chi connectivity index (χ0n) is 7.67. The van der Waals surface area contributed by atoms with Gasteiger partial charge in [0, 0.05) is 6.42 Å². The van der Waals surface area contributed by atoms with Crippen molar-refractivity contribution in [2.24, 2.45) is 5.92 Å². The predicted octanol–water partition coefficient (Wildman–Crippen LogP) is 1.86. The van der Waals surface area contributed by atoms with E-state index in [1.54, 1.807) is 0 Å². The minimum absolute atomic E-state index is 0.163. The van der Waals surface area contributed by atoms with E-state index >= 15 is 0 Å². The Kier molecular flexibility index (Phi) is 5.34. The number of aliphatic carboxylic acids is 1. The molecule has 1 atom stereocenters. The van der Waals surface area contributed by atoms with Gasteiger partial charge in [0.1, 0.15) is 12.2 Å². The maximum absolute atomic E-state index is 11.0. The quantitative estimate of drug-likeness (QED) is 0.622. The molecule has 3 nitrogen and oxygen atoms in total.